The Balaban J connectivity index is 2.50. The highest BCUT2D eigenvalue weighted by atomic mass is 28.4. The molecule has 0 aromatic rings. The van der Waals surface area contributed by atoms with E-state index in [-0.39, 0.29) is 0 Å². The summed E-state index contributed by atoms with van der Waals surface area (Å²) in [5, 5.41) is 0. The maximum atomic E-state index is 5.32. The first-order valence-electron chi connectivity index (χ1n) is 4.32. The fourth-order valence-electron chi connectivity index (χ4n) is 1.36. The zero-order valence-electron chi connectivity index (χ0n) is 8.45. The molecule has 4 nitrogen and oxygen atoms in total. The summed E-state index contributed by atoms with van der Waals surface area (Å²) in [4.78, 5) is 2.17. The first kappa shape index (κ1) is 10.7. The maximum Gasteiger partial charge on any atom is 0.520 e. The lowest BCUT2D eigenvalue weighted by Gasteiger charge is -2.28. The van der Waals surface area contributed by atoms with Crippen LogP contribution in [0.25, 0.3) is 0 Å². The molecule has 0 fully saturated rings. The van der Waals surface area contributed by atoms with Gasteiger partial charge < -0.3 is 18.2 Å². The van der Waals surface area contributed by atoms with Gasteiger partial charge >= 0.3 is 8.80 Å². The molecule has 1 aliphatic heterocycles. The Labute approximate surface area is 80.4 Å². The number of hydrogen-bond donors (Lipinski definition) is 0. The van der Waals surface area contributed by atoms with Crippen molar-refractivity contribution in [2.45, 2.75) is 6.42 Å². The lowest BCUT2D eigenvalue weighted by Crippen LogP contribution is -2.51. The van der Waals surface area contributed by atoms with Crippen molar-refractivity contribution in [1.29, 1.82) is 0 Å². The van der Waals surface area contributed by atoms with E-state index < -0.39 is 8.80 Å². The Kier molecular flexibility index (Phi) is 3.92. The lowest BCUT2D eigenvalue weighted by molar-refractivity contribution is 0.111. The minimum atomic E-state index is -2.41. The SMILES string of the molecule is CO[Si](CN1C=CCC1)(OC)OC. The van der Waals surface area contributed by atoms with Crippen LogP contribution < -0.4 is 0 Å². The Hall–Kier alpha value is -0.363. The standard InChI is InChI=1S/C8H17NO3Si/c1-10-13(11-2,12-3)8-9-6-4-5-7-9/h4,6H,5,7-8H2,1-3H3. The fourth-order valence-corrected chi connectivity index (χ4v) is 3.01. The van der Waals surface area contributed by atoms with E-state index in [9.17, 15) is 0 Å². The zero-order chi connectivity index (χ0) is 9.73. The second kappa shape index (κ2) is 4.76. The van der Waals surface area contributed by atoms with E-state index in [1.54, 1.807) is 21.3 Å². The molecule has 1 heterocycles. The highest BCUT2D eigenvalue weighted by Gasteiger charge is 2.39. The molecular formula is C8H17NO3Si. The van der Waals surface area contributed by atoms with E-state index in [1.165, 1.54) is 0 Å². The number of nitrogens with zero attached hydrogens (tertiary/aromatic N) is 1. The van der Waals surface area contributed by atoms with Gasteiger partial charge in [-0.25, -0.2) is 0 Å². The third-order valence-corrected chi connectivity index (χ3v) is 4.89. The highest BCUT2D eigenvalue weighted by molar-refractivity contribution is 6.60. The summed E-state index contributed by atoms with van der Waals surface area (Å²) in [6.07, 6.45) is 6.04. The van der Waals surface area contributed by atoms with E-state index >= 15 is 0 Å². The second-order valence-electron chi connectivity index (χ2n) is 2.94. The Morgan fingerprint density at radius 1 is 1.23 bits per heavy atom. The lowest BCUT2D eigenvalue weighted by atomic mass is 10.5. The normalized spacial score (nSPS) is 17.0. The van der Waals surface area contributed by atoms with Crippen LogP contribution in [0.2, 0.25) is 0 Å². The second-order valence-corrected chi connectivity index (χ2v) is 5.85. The van der Waals surface area contributed by atoms with E-state index in [0.29, 0.717) is 0 Å². The number of rotatable bonds is 5. The minimum absolute atomic E-state index is 0.729. The molecule has 13 heavy (non-hydrogen) atoms. The van der Waals surface area contributed by atoms with Crippen molar-refractivity contribution in [3.8, 4) is 0 Å². The summed E-state index contributed by atoms with van der Waals surface area (Å²) in [7, 11) is 2.51. The fraction of sp³-hybridized carbons (Fsp3) is 0.750. The molecule has 0 radical (unpaired) electrons. The van der Waals surface area contributed by atoms with Gasteiger partial charge in [0.05, 0.1) is 6.17 Å². The molecule has 0 unspecified atom stereocenters. The van der Waals surface area contributed by atoms with Crippen molar-refractivity contribution in [3.05, 3.63) is 12.3 Å². The predicted molar refractivity (Wildman–Crippen MR) is 52.1 cm³/mol. The molecule has 0 spiro atoms. The molecule has 0 aliphatic carbocycles. The third-order valence-electron chi connectivity index (χ3n) is 2.23. The minimum Gasteiger partial charge on any atom is -0.376 e. The Bertz CT molecular complexity index is 174. The van der Waals surface area contributed by atoms with E-state index in [4.69, 9.17) is 13.3 Å². The monoisotopic (exact) mass is 203 g/mol. The van der Waals surface area contributed by atoms with Crippen LogP contribution in [0.3, 0.4) is 0 Å². The summed E-state index contributed by atoms with van der Waals surface area (Å²) >= 11 is 0. The van der Waals surface area contributed by atoms with E-state index in [1.807, 2.05) is 0 Å². The average Bonchev–Trinajstić information content (AvgIpc) is 2.67. The Morgan fingerprint density at radius 2 is 1.85 bits per heavy atom. The summed E-state index contributed by atoms with van der Waals surface area (Å²) in [5.74, 6) is 0. The van der Waals surface area contributed by atoms with Crippen molar-refractivity contribution in [2.24, 2.45) is 0 Å². The molecule has 0 atom stereocenters. The van der Waals surface area contributed by atoms with Gasteiger partial charge in [-0.2, -0.15) is 0 Å². The van der Waals surface area contributed by atoms with Gasteiger partial charge in [-0.15, -0.1) is 0 Å². The maximum absolute atomic E-state index is 5.32. The molecule has 0 bridgehead atoms. The van der Waals surface area contributed by atoms with Crippen LogP contribution in [0.1, 0.15) is 6.42 Å². The van der Waals surface area contributed by atoms with Crippen LogP contribution in [0.5, 0.6) is 0 Å². The molecular weight excluding hydrogens is 186 g/mol. The largest absolute Gasteiger partial charge is 0.520 e. The van der Waals surface area contributed by atoms with Crippen LogP contribution in [0, 0.1) is 0 Å². The summed E-state index contributed by atoms with van der Waals surface area (Å²) in [5.41, 5.74) is 0. The summed E-state index contributed by atoms with van der Waals surface area (Å²) in [6, 6.07) is 0. The molecule has 0 aromatic heterocycles. The first-order valence-corrected chi connectivity index (χ1v) is 6.25. The molecule has 76 valence electrons. The predicted octanol–water partition coefficient (Wildman–Crippen LogP) is 0.623. The van der Waals surface area contributed by atoms with Crippen LogP contribution in [0.15, 0.2) is 12.3 Å². The van der Waals surface area contributed by atoms with Gasteiger partial charge in [-0.05, 0) is 12.6 Å². The highest BCUT2D eigenvalue weighted by Crippen LogP contribution is 2.12. The quantitative estimate of drug-likeness (QED) is 0.613. The topological polar surface area (TPSA) is 30.9 Å². The summed E-state index contributed by atoms with van der Waals surface area (Å²) in [6.45, 7) is 1.03. The van der Waals surface area contributed by atoms with Gasteiger partial charge in [-0.3, -0.25) is 0 Å². The van der Waals surface area contributed by atoms with Gasteiger partial charge in [0.15, 0.2) is 0 Å². The van der Waals surface area contributed by atoms with Gasteiger partial charge in [0, 0.05) is 27.9 Å². The van der Waals surface area contributed by atoms with Crippen LogP contribution in [0.4, 0.5) is 0 Å². The van der Waals surface area contributed by atoms with Gasteiger partial charge in [-0.1, -0.05) is 6.08 Å². The molecule has 1 aliphatic rings. The molecule has 5 heteroatoms. The smallest absolute Gasteiger partial charge is 0.376 e. The molecule has 0 saturated carbocycles. The van der Waals surface area contributed by atoms with Crippen LogP contribution in [-0.2, 0) is 13.3 Å². The van der Waals surface area contributed by atoms with Crippen LogP contribution in [-0.4, -0.2) is 47.7 Å². The van der Waals surface area contributed by atoms with Gasteiger partial charge in [0.2, 0.25) is 0 Å². The van der Waals surface area contributed by atoms with Crippen molar-refractivity contribution < 1.29 is 13.3 Å². The first-order chi connectivity index (χ1) is 6.26. The number of hydrogen-bond acceptors (Lipinski definition) is 4. The molecule has 0 saturated heterocycles. The third kappa shape index (κ3) is 2.54. The van der Waals surface area contributed by atoms with Crippen molar-refractivity contribution >= 4 is 8.80 Å². The molecule has 1 rings (SSSR count). The van der Waals surface area contributed by atoms with Crippen molar-refractivity contribution in [3.63, 3.8) is 0 Å². The molecule has 0 amide bonds. The van der Waals surface area contributed by atoms with Gasteiger partial charge in [0.1, 0.15) is 0 Å². The van der Waals surface area contributed by atoms with Crippen LogP contribution >= 0.6 is 0 Å². The van der Waals surface area contributed by atoms with E-state index in [2.05, 4.69) is 17.2 Å². The molecule has 0 N–H and O–H groups in total. The van der Waals surface area contributed by atoms with Gasteiger partial charge in [0.25, 0.3) is 0 Å². The Morgan fingerprint density at radius 3 is 2.23 bits per heavy atom. The average molecular weight is 203 g/mol. The van der Waals surface area contributed by atoms with Crippen molar-refractivity contribution in [2.75, 3.05) is 34.0 Å². The van der Waals surface area contributed by atoms with Crippen molar-refractivity contribution in [1.82, 2.24) is 4.90 Å². The summed E-state index contributed by atoms with van der Waals surface area (Å²) < 4.78 is 16.0. The zero-order valence-corrected chi connectivity index (χ0v) is 9.45. The molecule has 0 aromatic carbocycles. The van der Waals surface area contributed by atoms with E-state index in [0.717, 1.165) is 19.1 Å².